The zero-order valence-corrected chi connectivity index (χ0v) is 11.4. The van der Waals surface area contributed by atoms with Crippen molar-refractivity contribution in [3.63, 3.8) is 0 Å². The van der Waals surface area contributed by atoms with Gasteiger partial charge in [0, 0.05) is 6.42 Å². The quantitative estimate of drug-likeness (QED) is 0.752. The van der Waals surface area contributed by atoms with Crippen LogP contribution in [0.2, 0.25) is 0 Å². The predicted octanol–water partition coefficient (Wildman–Crippen LogP) is 3.08. The van der Waals surface area contributed by atoms with Crippen molar-refractivity contribution >= 4 is 17.0 Å². The highest BCUT2D eigenvalue weighted by molar-refractivity contribution is 6.01. The molecule has 1 heterocycles. The van der Waals surface area contributed by atoms with Crippen molar-refractivity contribution in [1.29, 1.82) is 0 Å². The highest BCUT2D eigenvalue weighted by Crippen LogP contribution is 2.19. The van der Waals surface area contributed by atoms with E-state index in [-0.39, 0.29) is 5.82 Å². The molecule has 0 unspecified atom stereocenters. The van der Waals surface area contributed by atoms with Gasteiger partial charge in [-0.15, -0.1) is 0 Å². The van der Waals surface area contributed by atoms with Crippen molar-refractivity contribution in [3.05, 3.63) is 65.2 Å². The van der Waals surface area contributed by atoms with Gasteiger partial charge in [0.05, 0.1) is 18.2 Å². The van der Waals surface area contributed by atoms with E-state index in [1.807, 2.05) is 6.07 Å². The Kier molecular flexibility index (Phi) is 3.39. The Morgan fingerprint density at radius 2 is 2.00 bits per heavy atom. The van der Waals surface area contributed by atoms with E-state index in [0.717, 1.165) is 11.1 Å². The van der Waals surface area contributed by atoms with E-state index in [4.69, 9.17) is 4.74 Å². The van der Waals surface area contributed by atoms with Gasteiger partial charge in [0.25, 0.3) is 0 Å². The Morgan fingerprint density at radius 1 is 1.24 bits per heavy atom. The molecule has 0 radical (unpaired) electrons. The lowest BCUT2D eigenvalue weighted by atomic mass is 10.1. The highest BCUT2D eigenvalue weighted by Gasteiger charge is 2.13. The smallest absolute Gasteiger partial charge is 0.340 e. The number of carbonyl (C=O) groups excluding carboxylic acids is 1. The molecule has 4 nitrogen and oxygen atoms in total. The normalized spacial score (nSPS) is 10.8. The highest BCUT2D eigenvalue weighted by atomic mass is 19.1. The molecule has 0 saturated carbocycles. The van der Waals surface area contributed by atoms with E-state index in [2.05, 4.69) is 9.97 Å². The second kappa shape index (κ2) is 5.36. The van der Waals surface area contributed by atoms with Gasteiger partial charge in [0.15, 0.2) is 0 Å². The van der Waals surface area contributed by atoms with Gasteiger partial charge in [-0.05, 0) is 29.8 Å². The lowest BCUT2D eigenvalue weighted by Gasteiger charge is -1.98. The molecule has 2 aromatic carbocycles. The molecule has 0 bridgehead atoms. The number of methoxy groups -OCH3 is 1. The Morgan fingerprint density at radius 3 is 2.71 bits per heavy atom. The number of fused-ring (bicyclic) bond motifs is 1. The molecule has 0 spiro atoms. The standard InChI is InChI=1S/C16H13FN2O2/c1-21-16(20)12-3-2-4-13-15(12)19-14(18-13)9-10-5-7-11(17)8-6-10/h2-8H,9H2,1H3,(H,18,19). The summed E-state index contributed by atoms with van der Waals surface area (Å²) >= 11 is 0. The maximum atomic E-state index is 12.9. The summed E-state index contributed by atoms with van der Waals surface area (Å²) < 4.78 is 17.6. The fourth-order valence-electron chi connectivity index (χ4n) is 2.24. The van der Waals surface area contributed by atoms with Crippen LogP contribution in [0.1, 0.15) is 21.7 Å². The average Bonchev–Trinajstić information content (AvgIpc) is 2.91. The molecular formula is C16H13FN2O2. The molecule has 0 fully saturated rings. The SMILES string of the molecule is COC(=O)c1cccc2[nH]c(Cc3ccc(F)cc3)nc12. The molecule has 0 amide bonds. The first-order valence-corrected chi connectivity index (χ1v) is 6.48. The maximum absolute atomic E-state index is 12.9. The second-order valence-electron chi connectivity index (χ2n) is 4.68. The van der Waals surface area contributed by atoms with E-state index in [1.165, 1.54) is 19.2 Å². The number of para-hydroxylation sites is 1. The predicted molar refractivity (Wildman–Crippen MR) is 76.6 cm³/mol. The number of aromatic amines is 1. The number of rotatable bonds is 3. The summed E-state index contributed by atoms with van der Waals surface area (Å²) in [4.78, 5) is 19.3. The molecule has 0 aliphatic carbocycles. The number of hydrogen-bond acceptors (Lipinski definition) is 3. The number of aromatic nitrogens is 2. The van der Waals surface area contributed by atoms with Crippen LogP contribution in [0.3, 0.4) is 0 Å². The summed E-state index contributed by atoms with van der Waals surface area (Å²) in [5.41, 5.74) is 2.73. The van der Waals surface area contributed by atoms with Gasteiger partial charge in [-0.3, -0.25) is 0 Å². The minimum Gasteiger partial charge on any atom is -0.465 e. The van der Waals surface area contributed by atoms with Gasteiger partial charge in [0.2, 0.25) is 0 Å². The third-order valence-corrected chi connectivity index (χ3v) is 3.25. The largest absolute Gasteiger partial charge is 0.465 e. The van der Waals surface area contributed by atoms with Crippen LogP contribution in [0.4, 0.5) is 4.39 Å². The van der Waals surface area contributed by atoms with Crippen molar-refractivity contribution in [3.8, 4) is 0 Å². The van der Waals surface area contributed by atoms with Gasteiger partial charge in [-0.25, -0.2) is 14.2 Å². The third-order valence-electron chi connectivity index (χ3n) is 3.25. The molecule has 21 heavy (non-hydrogen) atoms. The van der Waals surface area contributed by atoms with E-state index in [0.29, 0.717) is 23.3 Å². The van der Waals surface area contributed by atoms with Crippen LogP contribution in [-0.2, 0) is 11.2 Å². The summed E-state index contributed by atoms with van der Waals surface area (Å²) in [5, 5.41) is 0. The Balaban J connectivity index is 1.97. The zero-order valence-electron chi connectivity index (χ0n) is 11.4. The summed E-state index contributed by atoms with van der Waals surface area (Å²) in [6.45, 7) is 0. The average molecular weight is 284 g/mol. The molecular weight excluding hydrogens is 271 g/mol. The maximum Gasteiger partial charge on any atom is 0.340 e. The van der Waals surface area contributed by atoms with Crippen LogP contribution < -0.4 is 0 Å². The fraction of sp³-hybridized carbons (Fsp3) is 0.125. The van der Waals surface area contributed by atoms with Crippen molar-refractivity contribution in [1.82, 2.24) is 9.97 Å². The van der Waals surface area contributed by atoms with Crippen LogP contribution in [0, 0.1) is 5.82 Å². The van der Waals surface area contributed by atoms with E-state index >= 15 is 0 Å². The van der Waals surface area contributed by atoms with Crippen molar-refractivity contribution < 1.29 is 13.9 Å². The summed E-state index contributed by atoms with van der Waals surface area (Å²) in [7, 11) is 1.34. The molecule has 106 valence electrons. The number of nitrogens with zero attached hydrogens (tertiary/aromatic N) is 1. The summed E-state index contributed by atoms with van der Waals surface area (Å²) in [5.74, 6) is 0.0322. The Bertz CT molecular complexity index is 794. The summed E-state index contributed by atoms with van der Waals surface area (Å²) in [6.07, 6.45) is 0.537. The Hall–Kier alpha value is -2.69. The minimum atomic E-state index is -0.416. The molecule has 5 heteroatoms. The Labute approximate surface area is 120 Å². The number of esters is 1. The zero-order chi connectivity index (χ0) is 14.8. The second-order valence-corrected chi connectivity index (χ2v) is 4.68. The van der Waals surface area contributed by atoms with Gasteiger partial charge in [-0.1, -0.05) is 18.2 Å². The third kappa shape index (κ3) is 2.63. The van der Waals surface area contributed by atoms with Gasteiger partial charge in [0.1, 0.15) is 17.2 Å². The molecule has 0 aliphatic heterocycles. The molecule has 3 aromatic rings. The monoisotopic (exact) mass is 284 g/mol. The number of benzene rings is 2. The first-order valence-electron chi connectivity index (χ1n) is 6.48. The molecule has 1 aromatic heterocycles. The first-order chi connectivity index (χ1) is 10.2. The van der Waals surface area contributed by atoms with Gasteiger partial charge in [-0.2, -0.15) is 0 Å². The van der Waals surface area contributed by atoms with Crippen LogP contribution in [0.25, 0.3) is 11.0 Å². The van der Waals surface area contributed by atoms with Crippen molar-refractivity contribution in [2.24, 2.45) is 0 Å². The molecule has 3 rings (SSSR count). The molecule has 0 saturated heterocycles. The molecule has 0 aliphatic rings. The molecule has 1 N–H and O–H groups in total. The van der Waals surface area contributed by atoms with Crippen molar-refractivity contribution in [2.45, 2.75) is 6.42 Å². The number of carbonyl (C=O) groups is 1. The van der Waals surface area contributed by atoms with Crippen LogP contribution >= 0.6 is 0 Å². The van der Waals surface area contributed by atoms with Gasteiger partial charge >= 0.3 is 5.97 Å². The van der Waals surface area contributed by atoms with Crippen LogP contribution in [0.15, 0.2) is 42.5 Å². The van der Waals surface area contributed by atoms with Crippen LogP contribution in [0.5, 0.6) is 0 Å². The van der Waals surface area contributed by atoms with Crippen LogP contribution in [-0.4, -0.2) is 23.0 Å². The molecule has 0 atom stereocenters. The number of hydrogen-bond donors (Lipinski definition) is 1. The topological polar surface area (TPSA) is 55.0 Å². The van der Waals surface area contributed by atoms with E-state index in [1.54, 1.807) is 24.3 Å². The number of halogens is 1. The minimum absolute atomic E-state index is 0.267. The number of H-pyrrole nitrogens is 1. The number of imidazole rings is 1. The van der Waals surface area contributed by atoms with Gasteiger partial charge < -0.3 is 9.72 Å². The van der Waals surface area contributed by atoms with E-state index in [9.17, 15) is 9.18 Å². The lowest BCUT2D eigenvalue weighted by molar-refractivity contribution is 0.0603. The number of nitrogens with one attached hydrogen (secondary N) is 1. The first kappa shape index (κ1) is 13.3. The summed E-state index contributed by atoms with van der Waals surface area (Å²) in [6, 6.07) is 11.6. The lowest BCUT2D eigenvalue weighted by Crippen LogP contribution is -2.01. The number of ether oxygens (including phenoxy) is 1. The fourth-order valence-corrected chi connectivity index (χ4v) is 2.24. The van der Waals surface area contributed by atoms with E-state index < -0.39 is 5.97 Å². The van der Waals surface area contributed by atoms with Crippen molar-refractivity contribution in [2.75, 3.05) is 7.11 Å².